The van der Waals surface area contributed by atoms with Gasteiger partial charge in [0.2, 0.25) is 0 Å². The molecular weight excluding hydrogens is 264 g/mol. The summed E-state index contributed by atoms with van der Waals surface area (Å²) in [5.74, 6) is 0. The highest BCUT2D eigenvalue weighted by atomic mass is 32.2. The Morgan fingerprint density at radius 2 is 1.84 bits per heavy atom. The second kappa shape index (κ2) is 8.27. The molecule has 0 unspecified atom stereocenters. The number of nitrogens with one attached hydrogen (secondary N) is 1. The van der Waals surface area contributed by atoms with Gasteiger partial charge in [0, 0.05) is 26.7 Å². The van der Waals surface area contributed by atoms with E-state index >= 15 is 0 Å². The average molecular weight is 286 g/mol. The molecule has 1 rings (SSSR count). The summed E-state index contributed by atoms with van der Waals surface area (Å²) in [7, 11) is -1.87. The molecule has 0 spiro atoms. The maximum Gasteiger partial charge on any atom is 0.279 e. The summed E-state index contributed by atoms with van der Waals surface area (Å²) >= 11 is 0. The molecule has 1 aromatic carbocycles. The molecule has 19 heavy (non-hydrogen) atoms. The van der Waals surface area contributed by atoms with E-state index in [1.807, 2.05) is 30.3 Å². The Balaban J connectivity index is 2.39. The van der Waals surface area contributed by atoms with Gasteiger partial charge in [0.25, 0.3) is 10.2 Å². The second-order valence-electron chi connectivity index (χ2n) is 4.43. The molecule has 0 amide bonds. The zero-order valence-corrected chi connectivity index (χ0v) is 12.1. The smallest absolute Gasteiger partial charge is 0.279 e. The van der Waals surface area contributed by atoms with E-state index in [-0.39, 0.29) is 6.61 Å². The van der Waals surface area contributed by atoms with Crippen LogP contribution in [0.3, 0.4) is 0 Å². The van der Waals surface area contributed by atoms with Crippen molar-refractivity contribution >= 4 is 10.2 Å². The van der Waals surface area contributed by atoms with Crippen LogP contribution in [0.15, 0.2) is 30.3 Å². The first-order chi connectivity index (χ1) is 9.06. The number of nitrogens with zero attached hydrogens (tertiary/aromatic N) is 1. The molecule has 0 aliphatic rings. The lowest BCUT2D eigenvalue weighted by atomic mass is 10.2. The molecule has 0 fully saturated rings. The van der Waals surface area contributed by atoms with Crippen LogP contribution in [-0.4, -0.2) is 38.0 Å². The van der Waals surface area contributed by atoms with Crippen molar-refractivity contribution in [2.24, 2.45) is 0 Å². The topological polar surface area (TPSA) is 69.6 Å². The number of hydrogen-bond acceptors (Lipinski definition) is 3. The van der Waals surface area contributed by atoms with Gasteiger partial charge in [-0.05, 0) is 24.8 Å². The zero-order valence-electron chi connectivity index (χ0n) is 11.2. The number of hydrogen-bond donors (Lipinski definition) is 2. The minimum Gasteiger partial charge on any atom is -0.396 e. The third-order valence-corrected chi connectivity index (χ3v) is 4.30. The summed E-state index contributed by atoms with van der Waals surface area (Å²) in [5.41, 5.74) is 0.954. The SMILES string of the molecule is CN(Cc1ccccc1)S(=O)(=O)NCCCCCO. The van der Waals surface area contributed by atoms with E-state index in [0.717, 1.165) is 18.4 Å². The molecule has 1 aromatic rings. The van der Waals surface area contributed by atoms with Gasteiger partial charge in [-0.15, -0.1) is 0 Å². The standard InChI is InChI=1S/C13H22N2O3S/c1-15(12-13-8-4-2-5-9-13)19(17,18)14-10-6-3-7-11-16/h2,4-5,8-9,14,16H,3,6-7,10-12H2,1H3. The van der Waals surface area contributed by atoms with Crippen LogP contribution < -0.4 is 4.72 Å². The van der Waals surface area contributed by atoms with Crippen LogP contribution in [0.5, 0.6) is 0 Å². The summed E-state index contributed by atoms with van der Waals surface area (Å²) in [5, 5.41) is 8.63. The second-order valence-corrected chi connectivity index (χ2v) is 6.29. The van der Waals surface area contributed by atoms with E-state index < -0.39 is 10.2 Å². The van der Waals surface area contributed by atoms with E-state index in [1.165, 1.54) is 4.31 Å². The number of aliphatic hydroxyl groups excluding tert-OH is 1. The van der Waals surface area contributed by atoms with Gasteiger partial charge in [-0.1, -0.05) is 30.3 Å². The van der Waals surface area contributed by atoms with Gasteiger partial charge in [0.05, 0.1) is 0 Å². The quantitative estimate of drug-likeness (QED) is 0.668. The van der Waals surface area contributed by atoms with Crippen molar-refractivity contribution in [3.8, 4) is 0 Å². The van der Waals surface area contributed by atoms with Crippen LogP contribution in [0.2, 0.25) is 0 Å². The Hall–Kier alpha value is -0.950. The van der Waals surface area contributed by atoms with Gasteiger partial charge in [-0.2, -0.15) is 12.7 Å². The van der Waals surface area contributed by atoms with E-state index in [2.05, 4.69) is 4.72 Å². The molecule has 0 aliphatic heterocycles. The lowest BCUT2D eigenvalue weighted by molar-refractivity contribution is 0.283. The van der Waals surface area contributed by atoms with Crippen LogP contribution in [-0.2, 0) is 16.8 Å². The lowest BCUT2D eigenvalue weighted by Crippen LogP contribution is -2.38. The van der Waals surface area contributed by atoms with Crippen LogP contribution in [0.1, 0.15) is 24.8 Å². The molecule has 0 saturated carbocycles. The average Bonchev–Trinajstić information content (AvgIpc) is 2.39. The summed E-state index contributed by atoms with van der Waals surface area (Å²) in [6, 6.07) is 9.47. The Labute approximate surface area is 115 Å². The molecule has 0 atom stereocenters. The van der Waals surface area contributed by atoms with Gasteiger partial charge in [-0.25, -0.2) is 4.72 Å². The van der Waals surface area contributed by atoms with Crippen molar-refractivity contribution < 1.29 is 13.5 Å². The first kappa shape index (κ1) is 16.1. The van der Waals surface area contributed by atoms with Gasteiger partial charge in [0.1, 0.15) is 0 Å². The van der Waals surface area contributed by atoms with Crippen molar-refractivity contribution in [1.82, 2.24) is 9.03 Å². The summed E-state index contributed by atoms with van der Waals surface area (Å²) in [6.45, 7) is 0.912. The number of aliphatic hydroxyl groups is 1. The maximum absolute atomic E-state index is 11.9. The maximum atomic E-state index is 11.9. The van der Waals surface area contributed by atoms with Crippen LogP contribution in [0.4, 0.5) is 0 Å². The molecule has 108 valence electrons. The minimum atomic E-state index is -3.42. The third kappa shape index (κ3) is 6.15. The van der Waals surface area contributed by atoms with Crippen LogP contribution in [0.25, 0.3) is 0 Å². The molecule has 0 bridgehead atoms. The van der Waals surface area contributed by atoms with E-state index in [9.17, 15) is 8.42 Å². The highest BCUT2D eigenvalue weighted by molar-refractivity contribution is 7.87. The molecule has 0 aliphatic carbocycles. The first-order valence-electron chi connectivity index (χ1n) is 6.42. The molecule has 6 heteroatoms. The summed E-state index contributed by atoms with van der Waals surface area (Å²) < 4.78 is 27.7. The van der Waals surface area contributed by atoms with Crippen molar-refractivity contribution in [3.05, 3.63) is 35.9 Å². The Morgan fingerprint density at radius 3 is 2.47 bits per heavy atom. The fourth-order valence-corrected chi connectivity index (χ4v) is 2.59. The van der Waals surface area contributed by atoms with Gasteiger partial charge in [0.15, 0.2) is 0 Å². The van der Waals surface area contributed by atoms with E-state index in [0.29, 0.717) is 19.5 Å². The molecule has 0 radical (unpaired) electrons. The van der Waals surface area contributed by atoms with Gasteiger partial charge >= 0.3 is 0 Å². The fraction of sp³-hybridized carbons (Fsp3) is 0.538. The van der Waals surface area contributed by atoms with Crippen LogP contribution >= 0.6 is 0 Å². The van der Waals surface area contributed by atoms with Crippen molar-refractivity contribution in [2.45, 2.75) is 25.8 Å². The first-order valence-corrected chi connectivity index (χ1v) is 7.86. The Bertz CT molecular complexity index is 448. The minimum absolute atomic E-state index is 0.153. The van der Waals surface area contributed by atoms with Gasteiger partial charge in [-0.3, -0.25) is 0 Å². The van der Waals surface area contributed by atoms with Crippen LogP contribution in [0, 0.1) is 0 Å². The largest absolute Gasteiger partial charge is 0.396 e. The molecule has 2 N–H and O–H groups in total. The molecular formula is C13H22N2O3S. The summed E-state index contributed by atoms with van der Waals surface area (Å²) in [6.07, 6.45) is 2.27. The van der Waals surface area contributed by atoms with Gasteiger partial charge < -0.3 is 5.11 Å². The number of rotatable bonds is 9. The van der Waals surface area contributed by atoms with Crippen molar-refractivity contribution in [2.75, 3.05) is 20.2 Å². The highest BCUT2D eigenvalue weighted by Crippen LogP contribution is 2.05. The Morgan fingerprint density at radius 1 is 1.16 bits per heavy atom. The molecule has 0 saturated heterocycles. The molecule has 0 aromatic heterocycles. The number of benzene rings is 1. The van der Waals surface area contributed by atoms with Crippen molar-refractivity contribution in [3.63, 3.8) is 0 Å². The normalized spacial score (nSPS) is 11.9. The molecule has 0 heterocycles. The lowest BCUT2D eigenvalue weighted by Gasteiger charge is -2.17. The zero-order chi connectivity index (χ0) is 14.1. The third-order valence-electron chi connectivity index (χ3n) is 2.78. The van der Waals surface area contributed by atoms with E-state index in [4.69, 9.17) is 5.11 Å². The Kier molecular flexibility index (Phi) is 7.01. The van der Waals surface area contributed by atoms with E-state index in [1.54, 1.807) is 7.05 Å². The fourth-order valence-electron chi connectivity index (χ4n) is 1.65. The summed E-state index contributed by atoms with van der Waals surface area (Å²) in [4.78, 5) is 0. The monoisotopic (exact) mass is 286 g/mol. The number of unbranched alkanes of at least 4 members (excludes halogenated alkanes) is 2. The predicted molar refractivity (Wildman–Crippen MR) is 75.8 cm³/mol. The van der Waals surface area contributed by atoms with Crippen molar-refractivity contribution in [1.29, 1.82) is 0 Å². The highest BCUT2D eigenvalue weighted by Gasteiger charge is 2.16. The predicted octanol–water partition coefficient (Wildman–Crippen LogP) is 1.12. The molecule has 5 nitrogen and oxygen atoms in total.